The van der Waals surface area contributed by atoms with Crippen molar-refractivity contribution in [3.63, 3.8) is 0 Å². The monoisotopic (exact) mass is 444 g/mol. The molecular formula is C23H28N2O5S. The topological polar surface area (TPSA) is 76.2 Å². The Morgan fingerprint density at radius 2 is 1.68 bits per heavy atom. The summed E-state index contributed by atoms with van der Waals surface area (Å²) in [5, 5.41) is 0. The van der Waals surface area contributed by atoms with Crippen LogP contribution in [0.1, 0.15) is 31.4 Å². The van der Waals surface area contributed by atoms with E-state index in [9.17, 15) is 13.2 Å². The Labute approximate surface area is 183 Å². The molecule has 0 unspecified atom stereocenters. The van der Waals surface area contributed by atoms with Gasteiger partial charge in [0.05, 0.1) is 10.9 Å². The molecule has 0 N–H and O–H groups in total. The molecular weight excluding hydrogens is 416 g/mol. The van der Waals surface area contributed by atoms with Gasteiger partial charge in [0.15, 0.2) is 11.5 Å². The van der Waals surface area contributed by atoms with Gasteiger partial charge in [-0.25, -0.2) is 8.42 Å². The van der Waals surface area contributed by atoms with Crippen molar-refractivity contribution in [2.75, 3.05) is 33.4 Å². The lowest BCUT2D eigenvalue weighted by atomic mass is 9.95. The standard InChI is InChI=1S/C23H28N2O5S/c1-17(18-6-4-3-5-7-18)24(2)23(26)19-10-12-25(13-11-19)31(27,28)20-8-9-21-22(16-20)30-15-14-29-21/h3-9,16-17,19H,10-15H2,1-2H3/t17-/m0/s1. The molecule has 0 saturated carbocycles. The maximum Gasteiger partial charge on any atom is 0.243 e. The molecule has 166 valence electrons. The van der Waals surface area contributed by atoms with Gasteiger partial charge in [-0.05, 0) is 37.5 Å². The van der Waals surface area contributed by atoms with Gasteiger partial charge in [0.2, 0.25) is 15.9 Å². The van der Waals surface area contributed by atoms with Crippen molar-refractivity contribution in [3.8, 4) is 11.5 Å². The zero-order chi connectivity index (χ0) is 22.0. The van der Waals surface area contributed by atoms with Gasteiger partial charge in [0, 0.05) is 32.1 Å². The largest absolute Gasteiger partial charge is 0.486 e. The number of carbonyl (C=O) groups is 1. The fourth-order valence-electron chi connectivity index (χ4n) is 4.11. The fourth-order valence-corrected chi connectivity index (χ4v) is 5.60. The maximum absolute atomic E-state index is 13.1. The molecule has 2 aliphatic heterocycles. The Morgan fingerprint density at radius 3 is 2.35 bits per heavy atom. The van der Waals surface area contributed by atoms with Crippen LogP contribution in [-0.4, -0.2) is 56.9 Å². The van der Waals surface area contributed by atoms with E-state index in [0.717, 1.165) is 5.56 Å². The molecule has 31 heavy (non-hydrogen) atoms. The number of carbonyl (C=O) groups excluding carboxylic acids is 1. The zero-order valence-corrected chi connectivity index (χ0v) is 18.7. The third kappa shape index (κ3) is 4.41. The lowest BCUT2D eigenvalue weighted by Gasteiger charge is -2.34. The van der Waals surface area contributed by atoms with Gasteiger partial charge in [-0.2, -0.15) is 4.31 Å². The molecule has 1 fully saturated rings. The Bertz CT molecular complexity index is 1030. The zero-order valence-electron chi connectivity index (χ0n) is 17.9. The van der Waals surface area contributed by atoms with Crippen molar-refractivity contribution < 1.29 is 22.7 Å². The van der Waals surface area contributed by atoms with Crippen LogP contribution >= 0.6 is 0 Å². The van der Waals surface area contributed by atoms with E-state index < -0.39 is 10.0 Å². The van der Waals surface area contributed by atoms with Crippen molar-refractivity contribution >= 4 is 15.9 Å². The number of rotatable bonds is 5. The van der Waals surface area contributed by atoms with Gasteiger partial charge in [-0.15, -0.1) is 0 Å². The summed E-state index contributed by atoms with van der Waals surface area (Å²) in [7, 11) is -1.83. The summed E-state index contributed by atoms with van der Waals surface area (Å²) in [4.78, 5) is 15.0. The summed E-state index contributed by atoms with van der Waals surface area (Å²) in [5.41, 5.74) is 1.08. The minimum Gasteiger partial charge on any atom is -0.486 e. The maximum atomic E-state index is 13.1. The Balaban J connectivity index is 1.40. The summed E-state index contributed by atoms with van der Waals surface area (Å²) in [5.74, 6) is 0.898. The van der Waals surface area contributed by atoms with Crippen LogP contribution in [-0.2, 0) is 14.8 Å². The number of fused-ring (bicyclic) bond motifs is 1. The van der Waals surface area contributed by atoms with E-state index in [-0.39, 0.29) is 22.8 Å². The average Bonchev–Trinajstić information content (AvgIpc) is 2.83. The lowest BCUT2D eigenvalue weighted by molar-refractivity contribution is -0.137. The Hall–Kier alpha value is -2.58. The quantitative estimate of drug-likeness (QED) is 0.708. The van der Waals surface area contributed by atoms with Crippen LogP contribution in [0, 0.1) is 5.92 Å². The molecule has 2 aliphatic rings. The molecule has 1 atom stereocenters. The molecule has 2 heterocycles. The number of ether oxygens (including phenoxy) is 2. The van der Waals surface area contributed by atoms with Gasteiger partial charge in [0.25, 0.3) is 0 Å². The minimum absolute atomic E-state index is 0.0341. The van der Waals surface area contributed by atoms with Crippen molar-refractivity contribution in [2.24, 2.45) is 5.92 Å². The average molecular weight is 445 g/mol. The molecule has 7 nitrogen and oxygen atoms in total. The van der Waals surface area contributed by atoms with E-state index in [2.05, 4.69) is 0 Å². The number of nitrogens with zero attached hydrogens (tertiary/aromatic N) is 2. The van der Waals surface area contributed by atoms with Crippen LogP contribution in [0.3, 0.4) is 0 Å². The highest BCUT2D eigenvalue weighted by Crippen LogP contribution is 2.34. The summed E-state index contributed by atoms with van der Waals surface area (Å²) in [6.07, 6.45) is 1.02. The predicted molar refractivity (Wildman–Crippen MR) is 117 cm³/mol. The molecule has 2 aromatic rings. The highest BCUT2D eigenvalue weighted by atomic mass is 32.2. The van der Waals surface area contributed by atoms with E-state index in [1.54, 1.807) is 17.0 Å². The molecule has 8 heteroatoms. The van der Waals surface area contributed by atoms with E-state index in [4.69, 9.17) is 9.47 Å². The highest BCUT2D eigenvalue weighted by Gasteiger charge is 2.34. The van der Waals surface area contributed by atoms with Crippen molar-refractivity contribution in [1.29, 1.82) is 0 Å². The van der Waals surface area contributed by atoms with Crippen LogP contribution in [0.15, 0.2) is 53.4 Å². The number of hydrogen-bond donors (Lipinski definition) is 0. The molecule has 0 spiro atoms. The molecule has 0 aliphatic carbocycles. The van der Waals surface area contributed by atoms with Gasteiger partial charge < -0.3 is 14.4 Å². The van der Waals surface area contributed by atoms with Crippen LogP contribution < -0.4 is 9.47 Å². The van der Waals surface area contributed by atoms with Crippen LogP contribution in [0.4, 0.5) is 0 Å². The van der Waals surface area contributed by atoms with Gasteiger partial charge in [-0.3, -0.25) is 4.79 Å². The molecule has 2 aromatic carbocycles. The minimum atomic E-state index is -3.65. The van der Waals surface area contributed by atoms with E-state index >= 15 is 0 Å². The first-order chi connectivity index (χ1) is 14.9. The lowest BCUT2D eigenvalue weighted by Crippen LogP contribution is -2.44. The summed E-state index contributed by atoms with van der Waals surface area (Å²) in [6.45, 7) is 3.51. The van der Waals surface area contributed by atoms with Crippen molar-refractivity contribution in [2.45, 2.75) is 30.7 Å². The third-order valence-corrected chi connectivity index (χ3v) is 8.06. The van der Waals surface area contributed by atoms with E-state index in [1.165, 1.54) is 10.4 Å². The molecule has 0 radical (unpaired) electrons. The van der Waals surface area contributed by atoms with Crippen LogP contribution in [0.2, 0.25) is 0 Å². The molecule has 1 saturated heterocycles. The normalized spacial score (nSPS) is 18.4. The molecule has 0 bridgehead atoms. The summed E-state index contributed by atoms with van der Waals surface area (Å²) < 4.78 is 38.7. The third-order valence-electron chi connectivity index (χ3n) is 6.17. The smallest absolute Gasteiger partial charge is 0.243 e. The van der Waals surface area contributed by atoms with Crippen LogP contribution in [0.25, 0.3) is 0 Å². The van der Waals surface area contributed by atoms with E-state index in [0.29, 0.717) is 50.6 Å². The number of amides is 1. The van der Waals surface area contributed by atoms with Crippen molar-refractivity contribution in [3.05, 3.63) is 54.1 Å². The van der Waals surface area contributed by atoms with Gasteiger partial charge in [-0.1, -0.05) is 30.3 Å². The molecule has 4 rings (SSSR count). The summed E-state index contributed by atoms with van der Waals surface area (Å²) >= 11 is 0. The Morgan fingerprint density at radius 1 is 1.03 bits per heavy atom. The van der Waals surface area contributed by atoms with E-state index in [1.807, 2.05) is 44.3 Å². The SMILES string of the molecule is C[C@@H](c1ccccc1)N(C)C(=O)C1CCN(S(=O)(=O)c2ccc3c(c2)OCCO3)CC1. The molecule has 0 aromatic heterocycles. The second-order valence-electron chi connectivity index (χ2n) is 8.02. The second kappa shape index (κ2) is 8.88. The fraction of sp³-hybridized carbons (Fsp3) is 0.435. The first kappa shape index (κ1) is 21.6. The van der Waals surface area contributed by atoms with Crippen LogP contribution in [0.5, 0.6) is 11.5 Å². The molecule has 1 amide bonds. The number of sulfonamides is 1. The first-order valence-corrected chi connectivity index (χ1v) is 12.0. The van der Waals surface area contributed by atoms with Gasteiger partial charge >= 0.3 is 0 Å². The number of piperidine rings is 1. The number of benzene rings is 2. The Kier molecular flexibility index (Phi) is 6.20. The first-order valence-electron chi connectivity index (χ1n) is 10.6. The number of hydrogen-bond acceptors (Lipinski definition) is 5. The van der Waals surface area contributed by atoms with Crippen molar-refractivity contribution in [1.82, 2.24) is 9.21 Å². The predicted octanol–water partition coefficient (Wildman–Crippen LogP) is 3.08. The summed E-state index contributed by atoms with van der Waals surface area (Å²) in [6, 6.07) is 14.6. The highest BCUT2D eigenvalue weighted by molar-refractivity contribution is 7.89. The van der Waals surface area contributed by atoms with Gasteiger partial charge in [0.1, 0.15) is 13.2 Å². The second-order valence-corrected chi connectivity index (χ2v) is 9.96.